The molecule has 0 spiro atoms. The summed E-state index contributed by atoms with van der Waals surface area (Å²) in [5.41, 5.74) is 6.85. The first-order chi connectivity index (χ1) is 8.61. The molecule has 0 bridgehead atoms. The molecule has 0 radical (unpaired) electrons. The van der Waals surface area contributed by atoms with Crippen molar-refractivity contribution < 1.29 is 8.78 Å². The highest BCUT2D eigenvalue weighted by atomic mass is 19.1. The summed E-state index contributed by atoms with van der Waals surface area (Å²) in [5.74, 6) is -1.06. The fourth-order valence-corrected chi connectivity index (χ4v) is 2.82. The quantitative estimate of drug-likeness (QED) is 0.879. The molecule has 1 heterocycles. The van der Waals surface area contributed by atoms with Crippen LogP contribution in [0.15, 0.2) is 18.2 Å². The smallest absolute Gasteiger partial charge is 0.126 e. The first-order valence-electron chi connectivity index (χ1n) is 6.57. The van der Waals surface area contributed by atoms with Gasteiger partial charge < -0.3 is 5.73 Å². The summed E-state index contributed by atoms with van der Waals surface area (Å²) >= 11 is 0. The number of rotatable bonds is 2. The Morgan fingerprint density at radius 1 is 1.22 bits per heavy atom. The second-order valence-corrected chi connectivity index (χ2v) is 4.94. The molecule has 1 aromatic carbocycles. The number of likely N-dealkylation sites (N-methyl/N-ethyl adjacent to an activating group) is 1. The number of benzene rings is 1. The van der Waals surface area contributed by atoms with Crippen LogP contribution in [0.25, 0.3) is 0 Å². The van der Waals surface area contributed by atoms with Gasteiger partial charge in [0, 0.05) is 12.1 Å². The van der Waals surface area contributed by atoms with Gasteiger partial charge in [0.1, 0.15) is 11.6 Å². The van der Waals surface area contributed by atoms with Gasteiger partial charge in [0.2, 0.25) is 0 Å². The number of nitrogens with zero attached hydrogens (tertiary/aromatic N) is 1. The SMILES string of the molecule is CCN1CCCCC(N)C1c1cc(F)cc(F)c1. The molecule has 0 saturated carbocycles. The lowest BCUT2D eigenvalue weighted by molar-refractivity contribution is 0.194. The zero-order valence-corrected chi connectivity index (χ0v) is 10.7. The summed E-state index contributed by atoms with van der Waals surface area (Å²) in [6.07, 6.45) is 3.07. The Labute approximate surface area is 107 Å². The van der Waals surface area contributed by atoms with Crippen molar-refractivity contribution in [2.45, 2.75) is 38.3 Å². The minimum atomic E-state index is -0.530. The summed E-state index contributed by atoms with van der Waals surface area (Å²) in [6.45, 7) is 3.84. The molecule has 2 nitrogen and oxygen atoms in total. The van der Waals surface area contributed by atoms with Crippen molar-refractivity contribution in [3.8, 4) is 0 Å². The van der Waals surface area contributed by atoms with Gasteiger partial charge in [0.15, 0.2) is 0 Å². The number of halogens is 2. The fraction of sp³-hybridized carbons (Fsp3) is 0.571. The van der Waals surface area contributed by atoms with E-state index in [1.54, 1.807) is 0 Å². The summed E-state index contributed by atoms with van der Waals surface area (Å²) in [5, 5.41) is 0. The van der Waals surface area contributed by atoms with Crippen LogP contribution in [0.1, 0.15) is 37.8 Å². The molecular weight excluding hydrogens is 234 g/mol. The normalized spacial score (nSPS) is 26.0. The molecular formula is C14H20F2N2. The van der Waals surface area contributed by atoms with Gasteiger partial charge >= 0.3 is 0 Å². The van der Waals surface area contributed by atoms with E-state index in [1.807, 2.05) is 0 Å². The van der Waals surface area contributed by atoms with Gasteiger partial charge in [0.05, 0.1) is 6.04 Å². The predicted molar refractivity (Wildman–Crippen MR) is 68.2 cm³/mol. The first kappa shape index (κ1) is 13.4. The molecule has 4 heteroatoms. The predicted octanol–water partition coefficient (Wildman–Crippen LogP) is 2.84. The van der Waals surface area contributed by atoms with E-state index >= 15 is 0 Å². The van der Waals surface area contributed by atoms with E-state index in [1.165, 1.54) is 12.1 Å². The van der Waals surface area contributed by atoms with E-state index in [4.69, 9.17) is 5.73 Å². The lowest BCUT2D eigenvalue weighted by Gasteiger charge is -2.33. The van der Waals surface area contributed by atoms with Gasteiger partial charge in [-0.05, 0) is 43.6 Å². The first-order valence-corrected chi connectivity index (χ1v) is 6.57. The molecule has 2 atom stereocenters. The molecule has 0 aromatic heterocycles. The Hall–Kier alpha value is -1.00. The van der Waals surface area contributed by atoms with Crippen LogP contribution >= 0.6 is 0 Å². The van der Waals surface area contributed by atoms with Crippen LogP contribution in [0, 0.1) is 11.6 Å². The summed E-state index contributed by atoms with van der Waals surface area (Å²) in [6, 6.07) is 3.57. The molecule has 1 aromatic rings. The van der Waals surface area contributed by atoms with E-state index in [-0.39, 0.29) is 12.1 Å². The van der Waals surface area contributed by atoms with Gasteiger partial charge in [-0.1, -0.05) is 13.3 Å². The molecule has 2 unspecified atom stereocenters. The summed E-state index contributed by atoms with van der Waals surface area (Å²) in [4.78, 5) is 2.21. The van der Waals surface area contributed by atoms with E-state index in [0.717, 1.165) is 38.4 Å². The van der Waals surface area contributed by atoms with Crippen LogP contribution in [-0.4, -0.2) is 24.0 Å². The van der Waals surface area contributed by atoms with Crippen molar-refractivity contribution in [3.63, 3.8) is 0 Å². The Morgan fingerprint density at radius 3 is 2.50 bits per heavy atom. The maximum absolute atomic E-state index is 13.3. The maximum atomic E-state index is 13.3. The van der Waals surface area contributed by atoms with Crippen LogP contribution in [0.5, 0.6) is 0 Å². The largest absolute Gasteiger partial charge is 0.326 e. The zero-order chi connectivity index (χ0) is 13.1. The highest BCUT2D eigenvalue weighted by Crippen LogP contribution is 2.30. The van der Waals surface area contributed by atoms with Crippen LogP contribution in [0.3, 0.4) is 0 Å². The van der Waals surface area contributed by atoms with Gasteiger partial charge in [-0.3, -0.25) is 4.90 Å². The fourth-order valence-electron chi connectivity index (χ4n) is 2.82. The zero-order valence-electron chi connectivity index (χ0n) is 10.7. The van der Waals surface area contributed by atoms with Crippen LogP contribution < -0.4 is 5.73 Å². The van der Waals surface area contributed by atoms with Crippen molar-refractivity contribution in [2.24, 2.45) is 5.73 Å². The standard InChI is InChI=1S/C14H20F2N2/c1-2-18-6-4-3-5-13(17)14(18)10-7-11(15)9-12(16)8-10/h7-9,13-14H,2-6,17H2,1H3. The van der Waals surface area contributed by atoms with Crippen molar-refractivity contribution in [1.82, 2.24) is 4.90 Å². The molecule has 100 valence electrons. The highest BCUT2D eigenvalue weighted by molar-refractivity contribution is 5.23. The minimum Gasteiger partial charge on any atom is -0.326 e. The molecule has 1 aliphatic rings. The van der Waals surface area contributed by atoms with Gasteiger partial charge in [0.25, 0.3) is 0 Å². The molecule has 2 N–H and O–H groups in total. The minimum absolute atomic E-state index is 0.0614. The molecule has 0 amide bonds. The molecule has 0 aliphatic carbocycles. The second-order valence-electron chi connectivity index (χ2n) is 4.94. The average molecular weight is 254 g/mol. The summed E-state index contributed by atoms with van der Waals surface area (Å²) < 4.78 is 26.7. The van der Waals surface area contributed by atoms with Crippen LogP contribution in [0.4, 0.5) is 8.78 Å². The van der Waals surface area contributed by atoms with Crippen LogP contribution in [-0.2, 0) is 0 Å². The van der Waals surface area contributed by atoms with Gasteiger partial charge in [-0.2, -0.15) is 0 Å². The van der Waals surface area contributed by atoms with Crippen molar-refractivity contribution in [3.05, 3.63) is 35.4 Å². The number of hydrogen-bond acceptors (Lipinski definition) is 2. The average Bonchev–Trinajstić information content (AvgIpc) is 2.49. The van der Waals surface area contributed by atoms with E-state index < -0.39 is 11.6 Å². The van der Waals surface area contributed by atoms with Gasteiger partial charge in [-0.25, -0.2) is 8.78 Å². The number of likely N-dealkylation sites (tertiary alicyclic amines) is 1. The number of hydrogen-bond donors (Lipinski definition) is 1. The van der Waals surface area contributed by atoms with E-state index in [9.17, 15) is 8.78 Å². The molecule has 18 heavy (non-hydrogen) atoms. The third-order valence-electron chi connectivity index (χ3n) is 3.66. The lowest BCUT2D eigenvalue weighted by atomic mass is 9.96. The van der Waals surface area contributed by atoms with Crippen molar-refractivity contribution in [1.29, 1.82) is 0 Å². The van der Waals surface area contributed by atoms with E-state index in [2.05, 4.69) is 11.8 Å². The third kappa shape index (κ3) is 2.87. The third-order valence-corrected chi connectivity index (χ3v) is 3.66. The second kappa shape index (κ2) is 5.76. The van der Waals surface area contributed by atoms with E-state index in [0.29, 0.717) is 5.56 Å². The van der Waals surface area contributed by atoms with Gasteiger partial charge in [-0.15, -0.1) is 0 Å². The lowest BCUT2D eigenvalue weighted by Crippen LogP contribution is -2.39. The Kier molecular flexibility index (Phi) is 4.30. The maximum Gasteiger partial charge on any atom is 0.126 e. The van der Waals surface area contributed by atoms with Crippen LogP contribution in [0.2, 0.25) is 0 Å². The molecule has 1 fully saturated rings. The summed E-state index contributed by atoms with van der Waals surface area (Å²) in [7, 11) is 0. The molecule has 1 saturated heterocycles. The Morgan fingerprint density at radius 2 is 1.89 bits per heavy atom. The Bertz CT molecular complexity index is 389. The van der Waals surface area contributed by atoms with Crippen molar-refractivity contribution in [2.75, 3.05) is 13.1 Å². The highest BCUT2D eigenvalue weighted by Gasteiger charge is 2.28. The Balaban J connectivity index is 2.36. The molecule has 1 aliphatic heterocycles. The monoisotopic (exact) mass is 254 g/mol. The molecule has 2 rings (SSSR count). The number of nitrogens with two attached hydrogens (primary N) is 1. The topological polar surface area (TPSA) is 29.3 Å². The van der Waals surface area contributed by atoms with Crippen molar-refractivity contribution >= 4 is 0 Å².